The van der Waals surface area contributed by atoms with E-state index in [1.54, 1.807) is 4.68 Å². The molecule has 1 saturated carbocycles. The lowest BCUT2D eigenvalue weighted by Crippen LogP contribution is -2.42. The molecule has 1 fully saturated rings. The quantitative estimate of drug-likeness (QED) is 0.770. The molecule has 2 rings (SSSR count). The lowest BCUT2D eigenvalue weighted by molar-refractivity contribution is -0.156. The fourth-order valence-corrected chi connectivity index (χ4v) is 2.18. The van der Waals surface area contributed by atoms with E-state index in [2.05, 4.69) is 20.4 Å². The number of carbonyl (C=O) groups is 1. The third-order valence-corrected chi connectivity index (χ3v) is 3.61. The predicted molar refractivity (Wildman–Crippen MR) is 64.0 cm³/mol. The van der Waals surface area contributed by atoms with Gasteiger partial charge in [-0.1, -0.05) is 6.42 Å². The zero-order valence-corrected chi connectivity index (χ0v) is 10.8. The highest BCUT2D eigenvalue weighted by atomic mass is 16.4. The molecule has 1 N–H and O–H groups in total. The van der Waals surface area contributed by atoms with Gasteiger partial charge in [-0.05, 0) is 37.4 Å². The van der Waals surface area contributed by atoms with Crippen LogP contribution in [0.25, 0.3) is 0 Å². The average Bonchev–Trinajstić information content (AvgIpc) is 2.67. The molecular formula is C11H19N5O2. The average molecular weight is 253 g/mol. The molecule has 1 aliphatic carbocycles. The largest absolute Gasteiger partial charge is 0.481 e. The van der Waals surface area contributed by atoms with Gasteiger partial charge < -0.3 is 10.0 Å². The van der Waals surface area contributed by atoms with Gasteiger partial charge in [0, 0.05) is 13.0 Å². The van der Waals surface area contributed by atoms with Crippen molar-refractivity contribution in [3.63, 3.8) is 0 Å². The zero-order valence-electron chi connectivity index (χ0n) is 10.8. The van der Waals surface area contributed by atoms with Gasteiger partial charge in [0.15, 0.2) is 5.82 Å². The summed E-state index contributed by atoms with van der Waals surface area (Å²) >= 11 is 0. The van der Waals surface area contributed by atoms with Gasteiger partial charge in [0.05, 0.1) is 12.0 Å². The third kappa shape index (κ3) is 2.50. The van der Waals surface area contributed by atoms with Crippen LogP contribution >= 0.6 is 0 Å². The number of carboxylic acid groups (broad SMARTS) is 1. The number of aliphatic carboxylic acids is 1. The Hall–Kier alpha value is -1.50. The molecule has 0 amide bonds. The number of hydrogen-bond acceptors (Lipinski definition) is 5. The maximum Gasteiger partial charge on any atom is 0.311 e. The first-order valence-electron chi connectivity index (χ1n) is 6.17. The third-order valence-electron chi connectivity index (χ3n) is 3.61. The normalized spacial score (nSPS) is 17.7. The molecule has 0 spiro atoms. The Morgan fingerprint density at radius 1 is 1.50 bits per heavy atom. The summed E-state index contributed by atoms with van der Waals surface area (Å²) in [7, 11) is 3.97. The van der Waals surface area contributed by atoms with Crippen molar-refractivity contribution >= 4 is 5.97 Å². The minimum atomic E-state index is -0.734. The predicted octanol–water partition coefficient (Wildman–Crippen LogP) is 0.0321. The van der Waals surface area contributed by atoms with Gasteiger partial charge in [-0.3, -0.25) is 4.79 Å². The van der Waals surface area contributed by atoms with Crippen LogP contribution in [-0.2, 0) is 17.8 Å². The molecule has 1 aliphatic rings. The molecule has 0 saturated heterocycles. The minimum Gasteiger partial charge on any atom is -0.481 e. The van der Waals surface area contributed by atoms with E-state index >= 15 is 0 Å². The monoisotopic (exact) mass is 253 g/mol. The molecule has 0 aromatic carbocycles. The molecular weight excluding hydrogens is 234 g/mol. The molecule has 1 heterocycles. The molecule has 1 aromatic rings. The Kier molecular flexibility index (Phi) is 3.60. The van der Waals surface area contributed by atoms with Gasteiger partial charge in [-0.2, -0.15) is 0 Å². The molecule has 0 aliphatic heterocycles. The molecule has 0 unspecified atom stereocenters. The number of nitrogens with zero attached hydrogens (tertiary/aromatic N) is 5. The topological polar surface area (TPSA) is 84.1 Å². The van der Waals surface area contributed by atoms with Gasteiger partial charge in [-0.15, -0.1) is 5.10 Å². The van der Waals surface area contributed by atoms with Gasteiger partial charge in [0.2, 0.25) is 0 Å². The fraction of sp³-hybridized carbons (Fsp3) is 0.818. The molecule has 0 radical (unpaired) electrons. The molecule has 18 heavy (non-hydrogen) atoms. The second kappa shape index (κ2) is 5.01. The Morgan fingerprint density at radius 3 is 2.72 bits per heavy atom. The lowest BCUT2D eigenvalue weighted by Gasteiger charge is -2.37. The summed E-state index contributed by atoms with van der Waals surface area (Å²) < 4.78 is 1.65. The Bertz CT molecular complexity index is 425. The zero-order chi connectivity index (χ0) is 13.2. The summed E-state index contributed by atoms with van der Waals surface area (Å²) in [5, 5.41) is 20.8. The molecule has 7 nitrogen and oxygen atoms in total. The van der Waals surface area contributed by atoms with Crippen molar-refractivity contribution in [2.75, 3.05) is 20.6 Å². The van der Waals surface area contributed by atoms with Crippen LogP contribution in [0.5, 0.6) is 0 Å². The first-order valence-corrected chi connectivity index (χ1v) is 6.17. The Morgan fingerprint density at radius 2 is 2.22 bits per heavy atom. The molecule has 0 atom stereocenters. The summed E-state index contributed by atoms with van der Waals surface area (Å²) in [5.41, 5.74) is -0.651. The second-order valence-electron chi connectivity index (χ2n) is 5.25. The summed E-state index contributed by atoms with van der Waals surface area (Å²) in [6, 6.07) is 0. The van der Waals surface area contributed by atoms with Crippen LogP contribution in [0.3, 0.4) is 0 Å². The van der Waals surface area contributed by atoms with Crippen molar-refractivity contribution in [2.45, 2.75) is 32.2 Å². The van der Waals surface area contributed by atoms with Crippen LogP contribution in [0.2, 0.25) is 0 Å². The fourth-order valence-electron chi connectivity index (χ4n) is 2.18. The van der Waals surface area contributed by atoms with Crippen molar-refractivity contribution < 1.29 is 9.90 Å². The van der Waals surface area contributed by atoms with Crippen LogP contribution in [0, 0.1) is 5.41 Å². The van der Waals surface area contributed by atoms with Crippen LogP contribution in [0.1, 0.15) is 25.1 Å². The number of likely N-dealkylation sites (N-methyl/N-ethyl adjacent to an activating group) is 1. The van der Waals surface area contributed by atoms with Crippen LogP contribution < -0.4 is 0 Å². The lowest BCUT2D eigenvalue weighted by atomic mass is 9.69. The van der Waals surface area contributed by atoms with Crippen molar-refractivity contribution in [3.05, 3.63) is 5.82 Å². The van der Waals surface area contributed by atoms with Crippen LogP contribution in [0.4, 0.5) is 0 Å². The molecule has 100 valence electrons. The number of aromatic nitrogens is 4. The van der Waals surface area contributed by atoms with E-state index in [1.165, 1.54) is 0 Å². The Balaban J connectivity index is 2.05. The number of carboxylic acids is 1. The number of tetrazole rings is 1. The SMILES string of the molecule is CN(C)CCc1nnnn1CC1(C(=O)O)CCC1. The van der Waals surface area contributed by atoms with Gasteiger partial charge in [0.1, 0.15) is 0 Å². The van der Waals surface area contributed by atoms with Gasteiger partial charge in [-0.25, -0.2) is 4.68 Å². The maximum atomic E-state index is 11.3. The summed E-state index contributed by atoms with van der Waals surface area (Å²) in [5.74, 6) is 0.0269. The second-order valence-corrected chi connectivity index (χ2v) is 5.25. The highest BCUT2D eigenvalue weighted by molar-refractivity contribution is 5.75. The molecule has 1 aromatic heterocycles. The van der Waals surface area contributed by atoms with E-state index in [1.807, 2.05) is 14.1 Å². The van der Waals surface area contributed by atoms with Crippen LogP contribution in [-0.4, -0.2) is 56.8 Å². The highest BCUT2D eigenvalue weighted by Gasteiger charge is 2.45. The number of rotatable bonds is 6. The van der Waals surface area contributed by atoms with Crippen molar-refractivity contribution in [1.82, 2.24) is 25.1 Å². The van der Waals surface area contributed by atoms with Gasteiger partial charge >= 0.3 is 5.97 Å². The van der Waals surface area contributed by atoms with Crippen LogP contribution in [0.15, 0.2) is 0 Å². The van der Waals surface area contributed by atoms with E-state index in [0.717, 1.165) is 38.1 Å². The maximum absolute atomic E-state index is 11.3. The minimum absolute atomic E-state index is 0.387. The van der Waals surface area contributed by atoms with E-state index < -0.39 is 11.4 Å². The van der Waals surface area contributed by atoms with Crippen molar-refractivity contribution in [1.29, 1.82) is 0 Å². The first-order chi connectivity index (χ1) is 8.53. The van der Waals surface area contributed by atoms with E-state index in [4.69, 9.17) is 0 Å². The van der Waals surface area contributed by atoms with Gasteiger partial charge in [0.25, 0.3) is 0 Å². The summed E-state index contributed by atoms with van der Waals surface area (Å²) in [6.45, 7) is 1.23. The molecule has 0 bridgehead atoms. The molecule has 7 heteroatoms. The smallest absolute Gasteiger partial charge is 0.311 e. The standard InChI is InChI=1S/C11H19N5O2/c1-15(2)7-4-9-12-13-14-16(9)8-11(10(17)18)5-3-6-11/h3-8H2,1-2H3,(H,17,18). The van der Waals surface area contributed by atoms with Crippen molar-refractivity contribution in [3.8, 4) is 0 Å². The van der Waals surface area contributed by atoms with E-state index in [-0.39, 0.29) is 0 Å². The summed E-state index contributed by atoms with van der Waals surface area (Å²) in [4.78, 5) is 13.4. The Labute approximate surface area is 106 Å². The van der Waals surface area contributed by atoms with E-state index in [9.17, 15) is 9.90 Å². The van der Waals surface area contributed by atoms with Crippen molar-refractivity contribution in [2.24, 2.45) is 5.41 Å². The summed E-state index contributed by atoms with van der Waals surface area (Å²) in [6.07, 6.45) is 3.14. The number of hydrogen-bond donors (Lipinski definition) is 1. The first kappa shape index (κ1) is 12.9. The van der Waals surface area contributed by atoms with E-state index in [0.29, 0.717) is 6.54 Å². The highest BCUT2D eigenvalue weighted by Crippen LogP contribution is 2.42.